The van der Waals surface area contributed by atoms with Crippen LogP contribution in [0.15, 0.2) is 16.6 Å². The van der Waals surface area contributed by atoms with Crippen molar-refractivity contribution in [2.75, 3.05) is 0 Å². The van der Waals surface area contributed by atoms with Crippen molar-refractivity contribution in [2.45, 2.75) is 12.6 Å². The normalized spacial score (nSPS) is 11.9. The zero-order valence-electron chi connectivity index (χ0n) is 7.76. The lowest BCUT2D eigenvalue weighted by atomic mass is 10.1. The van der Waals surface area contributed by atoms with Gasteiger partial charge in [0.15, 0.2) is 0 Å². The fourth-order valence-electron chi connectivity index (χ4n) is 1.16. The van der Waals surface area contributed by atoms with Gasteiger partial charge < -0.3 is 0 Å². The van der Waals surface area contributed by atoms with Crippen LogP contribution in [-0.4, -0.2) is 4.92 Å². The van der Waals surface area contributed by atoms with Gasteiger partial charge in [0.1, 0.15) is 10.0 Å². The van der Waals surface area contributed by atoms with E-state index < -0.39 is 38.8 Å². The summed E-state index contributed by atoms with van der Waals surface area (Å²) in [4.78, 5) is 9.15. The molecule has 17 heavy (non-hydrogen) atoms. The van der Waals surface area contributed by atoms with Crippen LogP contribution in [0.2, 0.25) is 0 Å². The number of halogens is 6. The second kappa shape index (κ2) is 4.55. The number of benzene rings is 1. The van der Waals surface area contributed by atoms with Gasteiger partial charge in [0, 0.05) is 5.56 Å². The van der Waals surface area contributed by atoms with Gasteiger partial charge in [0.05, 0.1) is 4.92 Å². The summed E-state index contributed by atoms with van der Waals surface area (Å²) in [5.41, 5.74) is -3.83. The van der Waals surface area contributed by atoms with E-state index in [9.17, 15) is 32.1 Å². The Morgan fingerprint density at radius 3 is 2.18 bits per heavy atom. The van der Waals surface area contributed by atoms with E-state index >= 15 is 0 Å². The number of nitro groups is 1. The molecular formula is C8H3BrF5NO2. The van der Waals surface area contributed by atoms with Crippen molar-refractivity contribution in [1.29, 1.82) is 0 Å². The van der Waals surface area contributed by atoms with Gasteiger partial charge in [-0.1, -0.05) is 6.07 Å². The third kappa shape index (κ3) is 2.71. The van der Waals surface area contributed by atoms with E-state index in [1.54, 1.807) is 0 Å². The molecule has 94 valence electrons. The lowest BCUT2D eigenvalue weighted by Gasteiger charge is -2.10. The number of nitrogens with zero attached hydrogens (tertiary/aromatic N) is 1. The SMILES string of the molecule is O=[N+]([O-])c1c(C(F)(F)F)ccc(C(F)F)c1Br. The molecule has 0 unspecified atom stereocenters. The molecule has 0 fully saturated rings. The van der Waals surface area contributed by atoms with Crippen molar-refractivity contribution in [2.24, 2.45) is 0 Å². The van der Waals surface area contributed by atoms with Crippen LogP contribution in [0.25, 0.3) is 0 Å². The molecule has 0 amide bonds. The van der Waals surface area contributed by atoms with Gasteiger partial charge in [-0.3, -0.25) is 10.1 Å². The van der Waals surface area contributed by atoms with Crippen LogP contribution in [0.5, 0.6) is 0 Å². The smallest absolute Gasteiger partial charge is 0.258 e. The van der Waals surface area contributed by atoms with E-state index in [0.717, 1.165) is 0 Å². The molecule has 0 heterocycles. The van der Waals surface area contributed by atoms with Crippen molar-refractivity contribution >= 4 is 21.6 Å². The summed E-state index contributed by atoms with van der Waals surface area (Å²) in [6.45, 7) is 0. The number of alkyl halides is 5. The highest BCUT2D eigenvalue weighted by molar-refractivity contribution is 9.10. The zero-order chi connectivity index (χ0) is 13.4. The van der Waals surface area contributed by atoms with Crippen LogP contribution >= 0.6 is 15.9 Å². The third-order valence-electron chi connectivity index (χ3n) is 1.87. The van der Waals surface area contributed by atoms with Crippen LogP contribution < -0.4 is 0 Å². The first-order chi connectivity index (χ1) is 7.66. The molecule has 0 saturated carbocycles. The summed E-state index contributed by atoms with van der Waals surface area (Å²) in [6.07, 6.45) is -8.09. The van der Waals surface area contributed by atoms with E-state index in [1.165, 1.54) is 0 Å². The van der Waals surface area contributed by atoms with Gasteiger partial charge in [-0.2, -0.15) is 13.2 Å². The average Bonchev–Trinajstić information content (AvgIpc) is 2.14. The van der Waals surface area contributed by atoms with Crippen molar-refractivity contribution in [3.63, 3.8) is 0 Å². The molecule has 0 N–H and O–H groups in total. The lowest BCUT2D eigenvalue weighted by molar-refractivity contribution is -0.389. The zero-order valence-corrected chi connectivity index (χ0v) is 9.35. The van der Waals surface area contributed by atoms with Gasteiger partial charge in [0.25, 0.3) is 12.1 Å². The maximum Gasteiger partial charge on any atom is 0.423 e. The summed E-state index contributed by atoms with van der Waals surface area (Å²) in [5, 5.41) is 10.5. The molecule has 1 rings (SSSR count). The molecule has 0 aliphatic heterocycles. The summed E-state index contributed by atoms with van der Waals surface area (Å²) in [5.74, 6) is 0. The summed E-state index contributed by atoms with van der Waals surface area (Å²) < 4.78 is 61.1. The minimum atomic E-state index is -4.98. The fraction of sp³-hybridized carbons (Fsp3) is 0.250. The van der Waals surface area contributed by atoms with Gasteiger partial charge in [-0.05, 0) is 22.0 Å². The Hall–Kier alpha value is -1.25. The highest BCUT2D eigenvalue weighted by Gasteiger charge is 2.40. The monoisotopic (exact) mass is 319 g/mol. The lowest BCUT2D eigenvalue weighted by Crippen LogP contribution is -2.10. The molecule has 0 bridgehead atoms. The number of hydrogen-bond donors (Lipinski definition) is 0. The van der Waals surface area contributed by atoms with Gasteiger partial charge in [-0.25, -0.2) is 8.78 Å². The molecule has 0 aromatic heterocycles. The highest BCUT2D eigenvalue weighted by atomic mass is 79.9. The first-order valence-corrected chi connectivity index (χ1v) is 4.77. The predicted octanol–water partition coefficient (Wildman–Crippen LogP) is 4.31. The maximum absolute atomic E-state index is 12.4. The molecule has 1 aromatic carbocycles. The summed E-state index contributed by atoms with van der Waals surface area (Å²) in [6, 6.07) is 0.773. The van der Waals surface area contributed by atoms with E-state index in [2.05, 4.69) is 15.9 Å². The van der Waals surface area contributed by atoms with Gasteiger partial charge in [0.2, 0.25) is 0 Å². The number of rotatable bonds is 2. The second-order valence-electron chi connectivity index (χ2n) is 2.92. The molecule has 9 heteroatoms. The molecule has 3 nitrogen and oxygen atoms in total. The third-order valence-corrected chi connectivity index (χ3v) is 2.70. The highest BCUT2D eigenvalue weighted by Crippen LogP contribution is 2.43. The van der Waals surface area contributed by atoms with Crippen LogP contribution in [0.3, 0.4) is 0 Å². The predicted molar refractivity (Wildman–Crippen MR) is 50.8 cm³/mol. The van der Waals surface area contributed by atoms with E-state index in [4.69, 9.17) is 0 Å². The quantitative estimate of drug-likeness (QED) is 0.463. The number of hydrogen-bond acceptors (Lipinski definition) is 2. The van der Waals surface area contributed by atoms with Crippen LogP contribution in [0.1, 0.15) is 17.6 Å². The van der Waals surface area contributed by atoms with Crippen molar-refractivity contribution < 1.29 is 26.9 Å². The summed E-state index contributed by atoms with van der Waals surface area (Å²) >= 11 is 2.40. The first-order valence-electron chi connectivity index (χ1n) is 3.98. The van der Waals surface area contributed by atoms with Crippen LogP contribution in [-0.2, 0) is 6.18 Å². The molecular weight excluding hydrogens is 317 g/mol. The second-order valence-corrected chi connectivity index (χ2v) is 3.71. The molecule has 0 radical (unpaired) electrons. The Morgan fingerprint density at radius 2 is 1.82 bits per heavy atom. The van der Waals surface area contributed by atoms with Gasteiger partial charge in [-0.15, -0.1) is 0 Å². The molecule has 0 atom stereocenters. The Balaban J connectivity index is 3.57. The standard InChI is InChI=1S/C8H3BrF5NO2/c9-5-3(7(10)11)1-2-4(8(12,13)14)6(5)15(16)17/h1-2,7H. The minimum Gasteiger partial charge on any atom is -0.258 e. The molecule has 0 spiro atoms. The van der Waals surface area contributed by atoms with E-state index in [1.807, 2.05) is 0 Å². The average molecular weight is 320 g/mol. The van der Waals surface area contributed by atoms with Gasteiger partial charge >= 0.3 is 6.18 Å². The largest absolute Gasteiger partial charge is 0.423 e. The molecule has 0 saturated heterocycles. The van der Waals surface area contributed by atoms with Crippen molar-refractivity contribution in [3.05, 3.63) is 37.8 Å². The molecule has 0 aliphatic rings. The van der Waals surface area contributed by atoms with Crippen molar-refractivity contribution in [3.8, 4) is 0 Å². The Morgan fingerprint density at radius 1 is 1.29 bits per heavy atom. The Labute approximate surface area is 99.5 Å². The fourth-order valence-corrected chi connectivity index (χ4v) is 1.82. The van der Waals surface area contributed by atoms with E-state index in [0.29, 0.717) is 6.07 Å². The number of nitro benzene ring substituents is 1. The Bertz CT molecular complexity index is 460. The topological polar surface area (TPSA) is 43.1 Å². The Kier molecular flexibility index (Phi) is 3.70. The maximum atomic E-state index is 12.4. The molecule has 1 aromatic rings. The van der Waals surface area contributed by atoms with Crippen LogP contribution in [0.4, 0.5) is 27.6 Å². The molecule has 0 aliphatic carbocycles. The summed E-state index contributed by atoms with van der Waals surface area (Å²) in [7, 11) is 0. The van der Waals surface area contributed by atoms with Crippen LogP contribution in [0, 0.1) is 10.1 Å². The minimum absolute atomic E-state index is 0.268. The first kappa shape index (κ1) is 13.8. The van der Waals surface area contributed by atoms with E-state index in [-0.39, 0.29) is 6.07 Å². The van der Waals surface area contributed by atoms with Crippen molar-refractivity contribution in [1.82, 2.24) is 0 Å².